The fourth-order valence-corrected chi connectivity index (χ4v) is 1.99. The Balaban J connectivity index is 2.61. The first-order valence-corrected chi connectivity index (χ1v) is 6.52. The number of urea groups is 1. The van der Waals surface area contributed by atoms with E-state index in [-0.39, 0.29) is 19.2 Å². The number of carbonyl (C=O) groups excluding carboxylic acids is 1. The number of rotatable bonds is 5. The Morgan fingerprint density at radius 2 is 2.21 bits per heavy atom. The maximum absolute atomic E-state index is 12.1. The number of nitrogens with one attached hydrogen (secondary N) is 1. The summed E-state index contributed by atoms with van der Waals surface area (Å²) in [5.41, 5.74) is 0. The van der Waals surface area contributed by atoms with E-state index in [0.717, 1.165) is 0 Å². The molecule has 0 saturated carbocycles. The number of carbonyl (C=O) groups is 2. The van der Waals surface area contributed by atoms with Crippen molar-refractivity contribution in [3.8, 4) is 0 Å². The molecule has 3 N–H and O–H groups in total. The Morgan fingerprint density at radius 3 is 2.74 bits per heavy atom. The van der Waals surface area contributed by atoms with Gasteiger partial charge in [-0.15, -0.1) is 0 Å². The van der Waals surface area contributed by atoms with Gasteiger partial charge in [-0.2, -0.15) is 0 Å². The second-order valence-electron chi connectivity index (χ2n) is 4.77. The van der Waals surface area contributed by atoms with E-state index in [0.29, 0.717) is 19.4 Å². The third kappa shape index (κ3) is 4.36. The van der Waals surface area contributed by atoms with Crippen molar-refractivity contribution in [1.82, 2.24) is 10.2 Å². The largest absolute Gasteiger partial charge is 0.480 e. The molecule has 0 aromatic rings. The number of hydrogen-bond acceptors (Lipinski definition) is 4. The Kier molecular flexibility index (Phi) is 6.04. The van der Waals surface area contributed by atoms with Gasteiger partial charge in [-0.25, -0.2) is 9.59 Å². The molecule has 0 aromatic heterocycles. The normalized spacial score (nSPS) is 24.9. The second kappa shape index (κ2) is 7.30. The van der Waals surface area contributed by atoms with Gasteiger partial charge < -0.3 is 25.2 Å². The van der Waals surface area contributed by atoms with Crippen molar-refractivity contribution in [2.75, 3.05) is 19.8 Å². The van der Waals surface area contributed by atoms with Gasteiger partial charge >= 0.3 is 12.0 Å². The summed E-state index contributed by atoms with van der Waals surface area (Å²) < 4.78 is 5.33. The molecule has 7 heteroatoms. The molecule has 0 bridgehead atoms. The first kappa shape index (κ1) is 15.7. The van der Waals surface area contributed by atoms with Crippen LogP contribution in [0, 0.1) is 0 Å². The fourth-order valence-electron chi connectivity index (χ4n) is 1.99. The van der Waals surface area contributed by atoms with Crippen molar-refractivity contribution in [2.24, 2.45) is 0 Å². The zero-order valence-corrected chi connectivity index (χ0v) is 11.3. The van der Waals surface area contributed by atoms with Crippen molar-refractivity contribution in [1.29, 1.82) is 0 Å². The number of aliphatic hydroxyl groups excluding tert-OH is 1. The Morgan fingerprint density at radius 1 is 1.53 bits per heavy atom. The predicted molar refractivity (Wildman–Crippen MR) is 67.9 cm³/mol. The minimum absolute atomic E-state index is 0.140. The number of nitrogens with zero attached hydrogens (tertiary/aromatic N) is 1. The van der Waals surface area contributed by atoms with Gasteiger partial charge in [-0.1, -0.05) is 13.3 Å². The number of hydrogen-bond donors (Lipinski definition) is 3. The zero-order chi connectivity index (χ0) is 14.4. The summed E-state index contributed by atoms with van der Waals surface area (Å²) in [7, 11) is 0. The average molecular weight is 274 g/mol. The van der Waals surface area contributed by atoms with Crippen molar-refractivity contribution in [3.63, 3.8) is 0 Å². The molecular formula is C12H22N2O5. The van der Waals surface area contributed by atoms with Gasteiger partial charge in [0.2, 0.25) is 0 Å². The SMILES string of the molecule is CCC[C@H](NC(=O)N1CC(CO)OCC1C)C(=O)O. The molecule has 1 heterocycles. The van der Waals surface area contributed by atoms with Crippen molar-refractivity contribution in [2.45, 2.75) is 44.9 Å². The second-order valence-corrected chi connectivity index (χ2v) is 4.77. The lowest BCUT2D eigenvalue weighted by Crippen LogP contribution is -2.57. The average Bonchev–Trinajstić information content (AvgIpc) is 2.38. The molecule has 1 aliphatic rings. The van der Waals surface area contributed by atoms with Crippen LogP contribution in [0.15, 0.2) is 0 Å². The maximum Gasteiger partial charge on any atom is 0.326 e. The molecule has 7 nitrogen and oxygen atoms in total. The minimum Gasteiger partial charge on any atom is -0.480 e. The predicted octanol–water partition coefficient (Wildman–Crippen LogP) is 0.0309. The topological polar surface area (TPSA) is 99.1 Å². The third-order valence-corrected chi connectivity index (χ3v) is 3.14. The molecule has 1 fully saturated rings. The maximum atomic E-state index is 12.1. The van der Waals surface area contributed by atoms with Crippen LogP contribution in [0.5, 0.6) is 0 Å². The van der Waals surface area contributed by atoms with Crippen LogP contribution in [0.2, 0.25) is 0 Å². The smallest absolute Gasteiger partial charge is 0.326 e. The van der Waals surface area contributed by atoms with E-state index in [4.69, 9.17) is 14.9 Å². The number of carboxylic acids is 1. The lowest BCUT2D eigenvalue weighted by atomic mass is 10.1. The molecule has 0 aromatic carbocycles. The molecule has 19 heavy (non-hydrogen) atoms. The molecular weight excluding hydrogens is 252 g/mol. The van der Waals surface area contributed by atoms with Crippen LogP contribution >= 0.6 is 0 Å². The summed E-state index contributed by atoms with van der Waals surface area (Å²) >= 11 is 0. The van der Waals surface area contributed by atoms with E-state index in [1.165, 1.54) is 4.90 Å². The highest BCUT2D eigenvalue weighted by Gasteiger charge is 2.31. The molecule has 0 aliphatic carbocycles. The first-order chi connectivity index (χ1) is 8.99. The molecule has 1 aliphatic heterocycles. The van der Waals surface area contributed by atoms with Crippen LogP contribution in [-0.4, -0.2) is 65.1 Å². The molecule has 0 spiro atoms. The van der Waals surface area contributed by atoms with E-state index in [1.54, 1.807) is 0 Å². The summed E-state index contributed by atoms with van der Waals surface area (Å²) in [6, 6.07) is -1.44. The molecule has 3 atom stereocenters. The molecule has 110 valence electrons. The van der Waals surface area contributed by atoms with Crippen molar-refractivity contribution >= 4 is 12.0 Å². The van der Waals surface area contributed by atoms with Gasteiger partial charge in [0.15, 0.2) is 0 Å². The van der Waals surface area contributed by atoms with E-state index in [9.17, 15) is 9.59 Å². The number of morpholine rings is 1. The number of amides is 2. The quantitative estimate of drug-likeness (QED) is 0.657. The Labute approximate surface area is 112 Å². The molecule has 0 radical (unpaired) electrons. The lowest BCUT2D eigenvalue weighted by Gasteiger charge is -2.37. The number of aliphatic carboxylic acids is 1. The zero-order valence-electron chi connectivity index (χ0n) is 11.3. The van der Waals surface area contributed by atoms with Crippen LogP contribution in [0.25, 0.3) is 0 Å². The van der Waals surface area contributed by atoms with Gasteiger partial charge in [0.25, 0.3) is 0 Å². The number of carboxylic acid groups (broad SMARTS) is 1. The molecule has 2 amide bonds. The Bertz CT molecular complexity index is 323. The van der Waals surface area contributed by atoms with Gasteiger partial charge in [0, 0.05) is 0 Å². The highest BCUT2D eigenvalue weighted by atomic mass is 16.5. The summed E-state index contributed by atoms with van der Waals surface area (Å²) in [5.74, 6) is -1.03. The summed E-state index contributed by atoms with van der Waals surface area (Å²) in [6.45, 7) is 4.13. The molecule has 1 saturated heterocycles. The van der Waals surface area contributed by atoms with Gasteiger partial charge in [-0.05, 0) is 13.3 Å². The summed E-state index contributed by atoms with van der Waals surface area (Å²) in [4.78, 5) is 24.6. The first-order valence-electron chi connectivity index (χ1n) is 6.52. The van der Waals surface area contributed by atoms with Crippen molar-refractivity contribution in [3.05, 3.63) is 0 Å². The summed E-state index contributed by atoms with van der Waals surface area (Å²) in [6.07, 6.45) is 0.662. The number of ether oxygens (including phenoxy) is 1. The van der Waals surface area contributed by atoms with Gasteiger partial charge in [0.1, 0.15) is 6.04 Å². The highest BCUT2D eigenvalue weighted by Crippen LogP contribution is 2.12. The van der Waals surface area contributed by atoms with Gasteiger partial charge in [0.05, 0.1) is 31.9 Å². The van der Waals surface area contributed by atoms with E-state index >= 15 is 0 Å². The summed E-state index contributed by atoms with van der Waals surface area (Å²) in [5, 5.41) is 20.6. The van der Waals surface area contributed by atoms with Crippen LogP contribution in [0.1, 0.15) is 26.7 Å². The Hall–Kier alpha value is -1.34. The van der Waals surface area contributed by atoms with E-state index < -0.39 is 24.1 Å². The fraction of sp³-hybridized carbons (Fsp3) is 0.833. The van der Waals surface area contributed by atoms with Crippen LogP contribution in [0.4, 0.5) is 4.79 Å². The lowest BCUT2D eigenvalue weighted by molar-refractivity contribution is -0.139. The highest BCUT2D eigenvalue weighted by molar-refractivity contribution is 5.82. The minimum atomic E-state index is -1.03. The standard InChI is InChI=1S/C12H22N2O5/c1-3-4-10(11(16)17)13-12(18)14-5-9(6-15)19-7-8(14)2/h8-10,15H,3-7H2,1-2H3,(H,13,18)(H,16,17)/t8?,9?,10-/m0/s1. The third-order valence-electron chi connectivity index (χ3n) is 3.14. The molecule has 2 unspecified atom stereocenters. The molecule has 1 rings (SSSR count). The number of aliphatic hydroxyl groups is 1. The van der Waals surface area contributed by atoms with Crippen molar-refractivity contribution < 1.29 is 24.5 Å². The van der Waals surface area contributed by atoms with Crippen LogP contribution in [0.3, 0.4) is 0 Å². The van der Waals surface area contributed by atoms with Crippen LogP contribution in [-0.2, 0) is 9.53 Å². The van der Waals surface area contributed by atoms with E-state index in [2.05, 4.69) is 5.32 Å². The van der Waals surface area contributed by atoms with E-state index in [1.807, 2.05) is 13.8 Å². The van der Waals surface area contributed by atoms with Crippen LogP contribution < -0.4 is 5.32 Å². The monoisotopic (exact) mass is 274 g/mol. The van der Waals surface area contributed by atoms with Gasteiger partial charge in [-0.3, -0.25) is 0 Å².